The van der Waals surface area contributed by atoms with Crippen LogP contribution in [-0.4, -0.2) is 64.3 Å². The average Bonchev–Trinajstić information content (AvgIpc) is 3.04. The van der Waals surface area contributed by atoms with E-state index in [0.717, 1.165) is 0 Å². The second-order valence-electron chi connectivity index (χ2n) is 6.68. The fourth-order valence-corrected chi connectivity index (χ4v) is 3.45. The van der Waals surface area contributed by atoms with Crippen molar-refractivity contribution in [1.29, 1.82) is 0 Å². The van der Waals surface area contributed by atoms with Crippen LogP contribution < -0.4 is 9.64 Å². The highest BCUT2D eigenvalue weighted by Crippen LogP contribution is 2.38. The van der Waals surface area contributed by atoms with E-state index < -0.39 is 5.91 Å². The van der Waals surface area contributed by atoms with E-state index in [1.807, 2.05) is 35.2 Å². The maximum absolute atomic E-state index is 13.6. The summed E-state index contributed by atoms with van der Waals surface area (Å²) in [4.78, 5) is 30.2. The van der Waals surface area contributed by atoms with Crippen LogP contribution in [0.4, 0.5) is 5.69 Å². The minimum Gasteiger partial charge on any atom is -0.495 e. The average molecular weight is 410 g/mol. The quantitative estimate of drug-likeness (QED) is 0.561. The number of imide groups is 1. The lowest BCUT2D eigenvalue weighted by Gasteiger charge is -2.26. The molecule has 0 aromatic heterocycles. The Labute approximate surface area is 176 Å². The van der Waals surface area contributed by atoms with E-state index in [1.54, 1.807) is 38.5 Å². The van der Waals surface area contributed by atoms with Gasteiger partial charge in [0.1, 0.15) is 11.4 Å². The second-order valence-corrected chi connectivity index (χ2v) is 6.68. The van der Waals surface area contributed by atoms with Gasteiger partial charge in [-0.25, -0.2) is 4.90 Å². The van der Waals surface area contributed by atoms with Gasteiger partial charge in [-0.1, -0.05) is 42.5 Å². The smallest absolute Gasteiger partial charge is 0.282 e. The van der Waals surface area contributed by atoms with Gasteiger partial charge in [-0.2, -0.15) is 0 Å². The van der Waals surface area contributed by atoms with E-state index in [4.69, 9.17) is 14.2 Å². The van der Waals surface area contributed by atoms with Crippen molar-refractivity contribution in [1.82, 2.24) is 4.90 Å². The van der Waals surface area contributed by atoms with Crippen molar-refractivity contribution in [2.75, 3.05) is 52.5 Å². The van der Waals surface area contributed by atoms with Crippen molar-refractivity contribution >= 4 is 23.1 Å². The highest BCUT2D eigenvalue weighted by molar-refractivity contribution is 6.45. The number of carbonyl (C=O) groups excluding carboxylic acids is 2. The molecule has 0 unspecified atom stereocenters. The Hall–Kier alpha value is -3.16. The van der Waals surface area contributed by atoms with Gasteiger partial charge in [0, 0.05) is 27.3 Å². The molecule has 1 aliphatic rings. The predicted molar refractivity (Wildman–Crippen MR) is 114 cm³/mol. The molecule has 0 N–H and O–H groups in total. The molecule has 2 aromatic rings. The van der Waals surface area contributed by atoms with Gasteiger partial charge in [0.2, 0.25) is 0 Å². The molecule has 0 saturated heterocycles. The standard InChI is InChI=1S/C23H26N2O5/c1-28-15-13-24(14-16-29-2)21-20(17-9-5-4-6-10-17)22(26)25(23(21)27)18-11-7-8-12-19(18)30-3/h4-12H,13-16H2,1-3H3. The molecule has 0 atom stereocenters. The Balaban J connectivity index is 2.13. The van der Waals surface area contributed by atoms with E-state index >= 15 is 0 Å². The van der Waals surface area contributed by atoms with Gasteiger partial charge < -0.3 is 19.1 Å². The molecule has 7 nitrogen and oxygen atoms in total. The van der Waals surface area contributed by atoms with Gasteiger partial charge >= 0.3 is 0 Å². The molecule has 158 valence electrons. The zero-order valence-electron chi connectivity index (χ0n) is 17.5. The van der Waals surface area contributed by atoms with Crippen LogP contribution in [0.3, 0.4) is 0 Å². The zero-order valence-corrected chi connectivity index (χ0v) is 17.5. The van der Waals surface area contributed by atoms with Crippen LogP contribution in [0.5, 0.6) is 5.75 Å². The molecular formula is C23H26N2O5. The minimum absolute atomic E-state index is 0.339. The summed E-state index contributed by atoms with van der Waals surface area (Å²) in [6.07, 6.45) is 0. The Morgan fingerprint density at radius 1 is 0.800 bits per heavy atom. The fourth-order valence-electron chi connectivity index (χ4n) is 3.45. The lowest BCUT2D eigenvalue weighted by Crippen LogP contribution is -2.37. The van der Waals surface area contributed by atoms with Crippen LogP contribution >= 0.6 is 0 Å². The van der Waals surface area contributed by atoms with E-state index in [2.05, 4.69) is 0 Å². The van der Waals surface area contributed by atoms with E-state index in [1.165, 1.54) is 12.0 Å². The van der Waals surface area contributed by atoms with Crippen LogP contribution in [0.15, 0.2) is 60.3 Å². The van der Waals surface area contributed by atoms with Crippen molar-refractivity contribution in [3.8, 4) is 5.75 Å². The van der Waals surface area contributed by atoms with Crippen LogP contribution in [0, 0.1) is 0 Å². The predicted octanol–water partition coefficient (Wildman–Crippen LogP) is 2.57. The molecular weight excluding hydrogens is 384 g/mol. The van der Waals surface area contributed by atoms with Gasteiger partial charge in [0.05, 0.1) is 31.6 Å². The van der Waals surface area contributed by atoms with Crippen LogP contribution in [0.2, 0.25) is 0 Å². The second kappa shape index (κ2) is 10.0. The zero-order chi connectivity index (χ0) is 21.5. The summed E-state index contributed by atoms with van der Waals surface area (Å²) in [5, 5.41) is 0. The van der Waals surface area contributed by atoms with Crippen LogP contribution in [0.25, 0.3) is 5.57 Å². The summed E-state index contributed by atoms with van der Waals surface area (Å²) in [6, 6.07) is 16.2. The number of methoxy groups -OCH3 is 3. The molecule has 0 saturated carbocycles. The summed E-state index contributed by atoms with van der Waals surface area (Å²) in [5.74, 6) is -0.325. The first kappa shape index (κ1) is 21.5. The third-order valence-electron chi connectivity index (χ3n) is 4.89. The number of hydrogen-bond acceptors (Lipinski definition) is 6. The first-order chi connectivity index (χ1) is 14.6. The number of rotatable bonds is 10. The minimum atomic E-state index is -0.393. The highest BCUT2D eigenvalue weighted by Gasteiger charge is 2.43. The lowest BCUT2D eigenvalue weighted by molar-refractivity contribution is -0.120. The monoisotopic (exact) mass is 410 g/mol. The molecule has 0 aliphatic carbocycles. The van der Waals surface area contributed by atoms with E-state index in [0.29, 0.717) is 54.6 Å². The Morgan fingerprint density at radius 3 is 2.00 bits per heavy atom. The fraction of sp³-hybridized carbons (Fsp3) is 0.304. The molecule has 0 fully saturated rings. The van der Waals surface area contributed by atoms with Crippen molar-refractivity contribution < 1.29 is 23.8 Å². The first-order valence-corrected chi connectivity index (χ1v) is 9.68. The summed E-state index contributed by atoms with van der Waals surface area (Å²) in [5.41, 5.74) is 1.80. The van der Waals surface area contributed by atoms with Gasteiger partial charge in [-0.05, 0) is 17.7 Å². The van der Waals surface area contributed by atoms with Gasteiger partial charge in [0.25, 0.3) is 11.8 Å². The molecule has 0 radical (unpaired) electrons. The summed E-state index contributed by atoms with van der Waals surface area (Å²) in [7, 11) is 4.72. The third kappa shape index (κ3) is 4.22. The number of carbonyl (C=O) groups is 2. The lowest BCUT2D eigenvalue weighted by atomic mass is 10.0. The van der Waals surface area contributed by atoms with Crippen molar-refractivity contribution in [3.63, 3.8) is 0 Å². The van der Waals surface area contributed by atoms with E-state index in [9.17, 15) is 9.59 Å². The first-order valence-electron chi connectivity index (χ1n) is 9.68. The van der Waals surface area contributed by atoms with Crippen molar-refractivity contribution in [2.24, 2.45) is 0 Å². The number of ether oxygens (including phenoxy) is 3. The summed E-state index contributed by atoms with van der Waals surface area (Å²) in [6.45, 7) is 1.71. The molecule has 1 heterocycles. The SMILES string of the molecule is COCCN(CCOC)C1=C(c2ccccc2)C(=O)N(c2ccccc2OC)C1=O. The van der Waals surface area contributed by atoms with Crippen LogP contribution in [-0.2, 0) is 19.1 Å². The normalized spacial score (nSPS) is 13.9. The molecule has 2 aromatic carbocycles. The number of amides is 2. The number of benzene rings is 2. The van der Waals surface area contributed by atoms with Crippen molar-refractivity contribution in [3.05, 3.63) is 65.9 Å². The van der Waals surface area contributed by atoms with Crippen LogP contribution in [0.1, 0.15) is 5.56 Å². The van der Waals surface area contributed by atoms with Crippen molar-refractivity contribution in [2.45, 2.75) is 0 Å². The maximum atomic E-state index is 13.6. The topological polar surface area (TPSA) is 68.3 Å². The number of hydrogen-bond donors (Lipinski definition) is 0. The molecule has 3 rings (SSSR count). The third-order valence-corrected chi connectivity index (χ3v) is 4.89. The van der Waals surface area contributed by atoms with Gasteiger partial charge in [-0.15, -0.1) is 0 Å². The summed E-state index contributed by atoms with van der Waals surface area (Å²) >= 11 is 0. The molecule has 2 amide bonds. The Morgan fingerprint density at radius 2 is 1.40 bits per heavy atom. The molecule has 7 heteroatoms. The Bertz CT molecular complexity index is 918. The molecule has 0 spiro atoms. The maximum Gasteiger partial charge on any atom is 0.282 e. The number of para-hydroxylation sites is 2. The largest absolute Gasteiger partial charge is 0.495 e. The summed E-state index contributed by atoms with van der Waals surface area (Å²) < 4.78 is 15.9. The molecule has 0 bridgehead atoms. The number of nitrogens with zero attached hydrogens (tertiary/aromatic N) is 2. The molecule has 1 aliphatic heterocycles. The van der Waals surface area contributed by atoms with Gasteiger partial charge in [0.15, 0.2) is 0 Å². The molecule has 30 heavy (non-hydrogen) atoms. The highest BCUT2D eigenvalue weighted by atomic mass is 16.5. The van der Waals surface area contributed by atoms with Gasteiger partial charge in [-0.3, -0.25) is 9.59 Å². The number of anilines is 1. The Kier molecular flexibility index (Phi) is 7.21. The van der Waals surface area contributed by atoms with E-state index in [-0.39, 0.29) is 5.91 Å².